The molecule has 1 aliphatic rings. The second-order valence-electron chi connectivity index (χ2n) is 4.22. The molecule has 0 bridgehead atoms. The van der Waals surface area contributed by atoms with Crippen LogP contribution in [0.3, 0.4) is 0 Å². The first-order valence-corrected chi connectivity index (χ1v) is 5.66. The van der Waals surface area contributed by atoms with Gasteiger partial charge in [0.15, 0.2) is 5.69 Å². The molecular weight excluding hydrogens is 222 g/mol. The fraction of sp³-hybridized carbons (Fsp3) is 0.545. The molecule has 0 unspecified atom stereocenters. The third-order valence-corrected chi connectivity index (χ3v) is 2.91. The molecule has 1 amide bonds. The summed E-state index contributed by atoms with van der Waals surface area (Å²) in [5.41, 5.74) is 0.0185. The number of carboxylic acids is 1. The number of rotatable bonds is 2. The molecule has 0 aliphatic carbocycles. The van der Waals surface area contributed by atoms with Crippen molar-refractivity contribution in [1.29, 1.82) is 0 Å². The van der Waals surface area contributed by atoms with Gasteiger partial charge in [-0.15, -0.1) is 0 Å². The summed E-state index contributed by atoms with van der Waals surface area (Å²) in [4.78, 5) is 24.8. The van der Waals surface area contributed by atoms with E-state index in [1.54, 1.807) is 11.9 Å². The van der Waals surface area contributed by atoms with Crippen molar-refractivity contribution < 1.29 is 14.7 Å². The van der Waals surface area contributed by atoms with Crippen LogP contribution in [-0.4, -0.2) is 44.8 Å². The molecule has 6 nitrogen and oxygen atoms in total. The molecular formula is C11H15N3O3. The lowest BCUT2D eigenvalue weighted by molar-refractivity contribution is 0.0664. The number of nitrogens with zero attached hydrogens (tertiary/aromatic N) is 3. The minimum atomic E-state index is -1.11. The maximum Gasteiger partial charge on any atom is 0.339 e. The lowest BCUT2D eigenvalue weighted by atomic mass is 10.1. The number of likely N-dealkylation sites (tertiary alicyclic amines) is 1. The molecule has 1 N–H and O–H groups in total. The Bertz CT molecular complexity index is 447. The summed E-state index contributed by atoms with van der Waals surface area (Å²) >= 11 is 0. The van der Waals surface area contributed by atoms with Gasteiger partial charge < -0.3 is 10.0 Å². The predicted octanol–water partition coefficient (Wildman–Crippen LogP) is 0.744. The second-order valence-corrected chi connectivity index (χ2v) is 4.22. The lowest BCUT2D eigenvalue weighted by Gasteiger charge is -2.26. The van der Waals surface area contributed by atoms with E-state index in [1.807, 2.05) is 0 Å². The zero-order valence-electron chi connectivity index (χ0n) is 9.72. The van der Waals surface area contributed by atoms with Gasteiger partial charge in [-0.3, -0.25) is 9.48 Å². The Morgan fingerprint density at radius 2 is 1.94 bits per heavy atom. The molecule has 0 radical (unpaired) electrons. The van der Waals surface area contributed by atoms with Gasteiger partial charge in [0.05, 0.1) is 0 Å². The third kappa shape index (κ3) is 2.30. The third-order valence-electron chi connectivity index (χ3n) is 2.91. The highest BCUT2D eigenvalue weighted by atomic mass is 16.4. The number of amides is 1. The van der Waals surface area contributed by atoms with Gasteiger partial charge in [0, 0.05) is 26.3 Å². The smallest absolute Gasteiger partial charge is 0.339 e. The van der Waals surface area contributed by atoms with Crippen LogP contribution >= 0.6 is 0 Å². The Hall–Kier alpha value is -1.85. The van der Waals surface area contributed by atoms with Crippen LogP contribution in [0.2, 0.25) is 0 Å². The topological polar surface area (TPSA) is 75.4 Å². The molecule has 2 heterocycles. The SMILES string of the molecule is Cn1cc(C(=O)O)c(C(=O)N2CCCCC2)n1. The standard InChI is InChI=1S/C11H15N3O3/c1-13-7-8(11(16)17)9(12-13)10(15)14-5-3-2-4-6-14/h7H,2-6H2,1H3,(H,16,17). The first-order valence-electron chi connectivity index (χ1n) is 5.66. The molecule has 2 rings (SSSR count). The van der Waals surface area contributed by atoms with Crippen LogP contribution in [0.5, 0.6) is 0 Å². The highest BCUT2D eigenvalue weighted by Crippen LogP contribution is 2.15. The molecule has 17 heavy (non-hydrogen) atoms. The van der Waals surface area contributed by atoms with Gasteiger partial charge in [0.2, 0.25) is 0 Å². The molecule has 0 atom stereocenters. The molecule has 1 fully saturated rings. The van der Waals surface area contributed by atoms with Crippen LogP contribution < -0.4 is 0 Å². The average molecular weight is 237 g/mol. The molecule has 92 valence electrons. The molecule has 0 spiro atoms. The Morgan fingerprint density at radius 1 is 1.29 bits per heavy atom. The van der Waals surface area contributed by atoms with E-state index in [0.29, 0.717) is 13.1 Å². The highest BCUT2D eigenvalue weighted by Gasteiger charge is 2.26. The quantitative estimate of drug-likeness (QED) is 0.823. The van der Waals surface area contributed by atoms with E-state index in [9.17, 15) is 9.59 Å². The van der Waals surface area contributed by atoms with E-state index in [0.717, 1.165) is 19.3 Å². The summed E-state index contributed by atoms with van der Waals surface area (Å²) in [6.45, 7) is 1.38. The number of carbonyl (C=O) groups is 2. The van der Waals surface area contributed by atoms with Gasteiger partial charge >= 0.3 is 5.97 Å². The number of carbonyl (C=O) groups excluding carboxylic acids is 1. The van der Waals surface area contributed by atoms with Crippen LogP contribution in [0.4, 0.5) is 0 Å². The van der Waals surface area contributed by atoms with E-state index >= 15 is 0 Å². The normalized spacial score (nSPS) is 15.9. The maximum absolute atomic E-state index is 12.1. The number of piperidine rings is 1. The molecule has 6 heteroatoms. The van der Waals surface area contributed by atoms with Gasteiger partial charge in [0.1, 0.15) is 5.56 Å². The van der Waals surface area contributed by atoms with E-state index < -0.39 is 5.97 Å². The number of hydrogen-bond donors (Lipinski definition) is 1. The first-order chi connectivity index (χ1) is 8.09. The first kappa shape index (κ1) is 11.6. The number of carboxylic acid groups (broad SMARTS) is 1. The molecule has 1 aromatic heterocycles. The van der Waals surface area contributed by atoms with E-state index in [2.05, 4.69) is 5.10 Å². The summed E-state index contributed by atoms with van der Waals surface area (Å²) in [7, 11) is 1.61. The molecule has 0 aromatic carbocycles. The number of hydrogen-bond acceptors (Lipinski definition) is 3. The van der Waals surface area contributed by atoms with Crippen molar-refractivity contribution >= 4 is 11.9 Å². The zero-order chi connectivity index (χ0) is 12.4. The molecule has 1 saturated heterocycles. The number of aryl methyl sites for hydroxylation is 1. The summed E-state index contributed by atoms with van der Waals surface area (Å²) < 4.78 is 1.36. The predicted molar refractivity (Wildman–Crippen MR) is 59.9 cm³/mol. The van der Waals surface area contributed by atoms with Crippen molar-refractivity contribution in [3.05, 3.63) is 17.5 Å². The van der Waals surface area contributed by atoms with Crippen LogP contribution in [0.1, 0.15) is 40.1 Å². The average Bonchev–Trinajstić information content (AvgIpc) is 2.72. The number of aromatic nitrogens is 2. The number of aromatic carboxylic acids is 1. The Balaban J connectivity index is 2.26. The van der Waals surface area contributed by atoms with Crippen molar-refractivity contribution in [1.82, 2.24) is 14.7 Å². The van der Waals surface area contributed by atoms with Gasteiger partial charge in [0.25, 0.3) is 5.91 Å². The van der Waals surface area contributed by atoms with Crippen LogP contribution in [-0.2, 0) is 7.05 Å². The van der Waals surface area contributed by atoms with E-state index in [1.165, 1.54) is 10.9 Å². The Labute approximate surface area is 98.8 Å². The molecule has 1 aliphatic heterocycles. The fourth-order valence-electron chi connectivity index (χ4n) is 2.05. The summed E-state index contributed by atoms with van der Waals surface area (Å²) in [6, 6.07) is 0. The summed E-state index contributed by atoms with van der Waals surface area (Å²) in [6.07, 6.45) is 4.43. The minimum absolute atomic E-state index is 0.0249. The monoisotopic (exact) mass is 237 g/mol. The summed E-state index contributed by atoms with van der Waals surface area (Å²) in [5.74, 6) is -1.39. The molecule has 1 aromatic rings. The Kier molecular flexibility index (Phi) is 3.12. The Morgan fingerprint density at radius 3 is 2.53 bits per heavy atom. The van der Waals surface area contributed by atoms with Crippen molar-refractivity contribution in [3.63, 3.8) is 0 Å². The summed E-state index contributed by atoms with van der Waals surface area (Å²) in [5, 5.41) is 13.0. The lowest BCUT2D eigenvalue weighted by Crippen LogP contribution is -2.36. The van der Waals surface area contributed by atoms with Gasteiger partial charge in [-0.25, -0.2) is 4.79 Å². The van der Waals surface area contributed by atoms with Crippen LogP contribution in [0.15, 0.2) is 6.20 Å². The van der Waals surface area contributed by atoms with Crippen molar-refractivity contribution in [2.75, 3.05) is 13.1 Å². The van der Waals surface area contributed by atoms with Crippen LogP contribution in [0.25, 0.3) is 0 Å². The zero-order valence-corrected chi connectivity index (χ0v) is 9.72. The van der Waals surface area contributed by atoms with Gasteiger partial charge in [-0.1, -0.05) is 0 Å². The van der Waals surface area contributed by atoms with E-state index in [4.69, 9.17) is 5.11 Å². The van der Waals surface area contributed by atoms with E-state index in [-0.39, 0.29) is 17.2 Å². The van der Waals surface area contributed by atoms with Crippen LogP contribution in [0, 0.1) is 0 Å². The van der Waals surface area contributed by atoms with Crippen molar-refractivity contribution in [3.8, 4) is 0 Å². The second kappa shape index (κ2) is 4.57. The highest BCUT2D eigenvalue weighted by molar-refractivity contribution is 6.03. The van der Waals surface area contributed by atoms with Crippen molar-refractivity contribution in [2.24, 2.45) is 7.05 Å². The van der Waals surface area contributed by atoms with Gasteiger partial charge in [-0.2, -0.15) is 5.10 Å². The van der Waals surface area contributed by atoms with Crippen molar-refractivity contribution in [2.45, 2.75) is 19.3 Å². The maximum atomic E-state index is 12.1. The fourth-order valence-corrected chi connectivity index (χ4v) is 2.05. The van der Waals surface area contributed by atoms with Gasteiger partial charge in [-0.05, 0) is 19.3 Å². The molecule has 0 saturated carbocycles. The minimum Gasteiger partial charge on any atom is -0.478 e. The largest absolute Gasteiger partial charge is 0.478 e.